The Labute approximate surface area is 155 Å². The molecule has 0 aliphatic heterocycles. The van der Waals surface area contributed by atoms with Crippen molar-refractivity contribution in [2.75, 3.05) is 12.4 Å². The number of methoxy groups -OCH3 is 1. The number of aromatic nitrogens is 1. The second-order valence-electron chi connectivity index (χ2n) is 5.44. The number of nitrogens with one attached hydrogen (secondary N) is 1. The SMILES string of the molecule is C=C(N)c1scc(C(=O)Nc2cc(OC)cc3cccnc23)c1/N=C\C. The first-order chi connectivity index (χ1) is 12.5. The van der Waals surface area contributed by atoms with Crippen molar-refractivity contribution < 1.29 is 9.53 Å². The standard InChI is InChI=1S/C19H18N4O2S/c1-4-21-17-14(10-26-18(17)11(2)20)19(24)23-15-9-13(25-3)8-12-6-5-7-22-16(12)15/h4-10H,2,20H2,1,3H3,(H,23,24)/b21-4-. The zero-order chi connectivity index (χ0) is 18.7. The van der Waals surface area contributed by atoms with Crippen LogP contribution in [0.1, 0.15) is 22.2 Å². The molecular weight excluding hydrogens is 348 g/mol. The van der Waals surface area contributed by atoms with Gasteiger partial charge in [-0.15, -0.1) is 11.3 Å². The van der Waals surface area contributed by atoms with Crippen LogP contribution in [0.3, 0.4) is 0 Å². The summed E-state index contributed by atoms with van der Waals surface area (Å²) in [5.41, 5.74) is 8.38. The predicted molar refractivity (Wildman–Crippen MR) is 108 cm³/mol. The molecule has 0 atom stereocenters. The van der Waals surface area contributed by atoms with Crippen LogP contribution in [0.4, 0.5) is 11.4 Å². The van der Waals surface area contributed by atoms with E-state index in [1.807, 2.05) is 18.2 Å². The van der Waals surface area contributed by atoms with Gasteiger partial charge in [-0.25, -0.2) is 0 Å². The maximum Gasteiger partial charge on any atom is 0.258 e. The van der Waals surface area contributed by atoms with Gasteiger partial charge in [0.15, 0.2) is 0 Å². The number of carbonyl (C=O) groups excluding carboxylic acids is 1. The fraction of sp³-hybridized carbons (Fsp3) is 0.105. The Morgan fingerprint density at radius 2 is 2.27 bits per heavy atom. The van der Waals surface area contributed by atoms with E-state index in [2.05, 4.69) is 21.9 Å². The van der Waals surface area contributed by atoms with Crippen LogP contribution in [0, 0.1) is 0 Å². The van der Waals surface area contributed by atoms with Gasteiger partial charge < -0.3 is 15.8 Å². The number of nitrogens with zero attached hydrogens (tertiary/aromatic N) is 2. The zero-order valence-corrected chi connectivity index (χ0v) is 15.3. The molecule has 0 aliphatic rings. The molecule has 3 aromatic rings. The van der Waals surface area contributed by atoms with Crippen LogP contribution < -0.4 is 15.8 Å². The minimum Gasteiger partial charge on any atom is -0.497 e. The number of benzene rings is 1. The van der Waals surface area contributed by atoms with E-state index < -0.39 is 0 Å². The third-order valence-corrected chi connectivity index (χ3v) is 4.77. The zero-order valence-electron chi connectivity index (χ0n) is 14.4. The quantitative estimate of drug-likeness (QED) is 0.662. The Bertz CT molecular complexity index is 1020. The molecule has 6 nitrogen and oxygen atoms in total. The summed E-state index contributed by atoms with van der Waals surface area (Å²) in [4.78, 5) is 22.2. The summed E-state index contributed by atoms with van der Waals surface area (Å²) in [6.45, 7) is 5.52. The van der Waals surface area contributed by atoms with Crippen LogP contribution in [0.25, 0.3) is 16.6 Å². The Morgan fingerprint density at radius 3 is 2.96 bits per heavy atom. The van der Waals surface area contributed by atoms with Crippen LogP contribution in [0.2, 0.25) is 0 Å². The molecule has 0 saturated carbocycles. The van der Waals surface area contributed by atoms with Crippen LogP contribution in [0.15, 0.2) is 47.4 Å². The monoisotopic (exact) mass is 366 g/mol. The number of amides is 1. The van der Waals surface area contributed by atoms with E-state index in [0.717, 1.165) is 5.39 Å². The summed E-state index contributed by atoms with van der Waals surface area (Å²) in [5.74, 6) is 0.337. The van der Waals surface area contributed by atoms with E-state index >= 15 is 0 Å². The number of rotatable bonds is 5. The third-order valence-electron chi connectivity index (χ3n) is 3.72. The van der Waals surface area contributed by atoms with Gasteiger partial charge in [-0.05, 0) is 19.1 Å². The van der Waals surface area contributed by atoms with E-state index in [9.17, 15) is 4.79 Å². The van der Waals surface area contributed by atoms with E-state index in [4.69, 9.17) is 10.5 Å². The molecule has 7 heteroatoms. The summed E-state index contributed by atoms with van der Waals surface area (Å²) in [5, 5.41) is 5.50. The maximum atomic E-state index is 12.9. The van der Waals surface area contributed by atoms with Crippen LogP contribution in [-0.4, -0.2) is 24.2 Å². The number of hydrogen-bond donors (Lipinski definition) is 2. The van der Waals surface area contributed by atoms with Gasteiger partial charge in [-0.1, -0.05) is 12.6 Å². The number of nitrogens with two attached hydrogens (primary N) is 1. The molecule has 1 aromatic carbocycles. The molecule has 0 unspecified atom stereocenters. The summed E-state index contributed by atoms with van der Waals surface area (Å²) >= 11 is 1.33. The lowest BCUT2D eigenvalue weighted by atomic mass is 10.1. The Kier molecular flexibility index (Phi) is 4.99. The Morgan fingerprint density at radius 1 is 1.46 bits per heavy atom. The summed E-state index contributed by atoms with van der Waals surface area (Å²) in [6.07, 6.45) is 3.30. The fourth-order valence-corrected chi connectivity index (χ4v) is 3.45. The van der Waals surface area contributed by atoms with Gasteiger partial charge in [0.05, 0.1) is 34.4 Å². The lowest BCUT2D eigenvalue weighted by molar-refractivity contribution is 0.102. The summed E-state index contributed by atoms with van der Waals surface area (Å²) < 4.78 is 5.32. The Hall–Kier alpha value is -3.19. The van der Waals surface area contributed by atoms with Gasteiger partial charge in [0.25, 0.3) is 5.91 Å². The number of thiophene rings is 1. The smallest absolute Gasteiger partial charge is 0.258 e. The molecule has 0 fully saturated rings. The average Bonchev–Trinajstić information content (AvgIpc) is 3.06. The molecule has 3 rings (SSSR count). The van der Waals surface area contributed by atoms with Gasteiger partial charge in [0, 0.05) is 34.9 Å². The van der Waals surface area contributed by atoms with Crippen molar-refractivity contribution in [3.05, 3.63) is 52.9 Å². The van der Waals surface area contributed by atoms with Crippen molar-refractivity contribution in [1.29, 1.82) is 0 Å². The fourth-order valence-electron chi connectivity index (χ4n) is 2.57. The highest BCUT2D eigenvalue weighted by Crippen LogP contribution is 2.35. The molecule has 132 valence electrons. The van der Waals surface area contributed by atoms with Gasteiger partial charge in [-0.3, -0.25) is 14.8 Å². The van der Waals surface area contributed by atoms with E-state index in [1.54, 1.807) is 37.9 Å². The van der Waals surface area contributed by atoms with E-state index in [1.165, 1.54) is 11.3 Å². The molecule has 0 radical (unpaired) electrons. The van der Waals surface area contributed by atoms with Crippen molar-refractivity contribution in [1.82, 2.24) is 4.98 Å². The van der Waals surface area contributed by atoms with Gasteiger partial charge >= 0.3 is 0 Å². The highest BCUT2D eigenvalue weighted by Gasteiger charge is 2.19. The topological polar surface area (TPSA) is 89.6 Å². The van der Waals surface area contributed by atoms with Gasteiger partial charge in [0.2, 0.25) is 0 Å². The minimum absolute atomic E-state index is 0.297. The maximum absolute atomic E-state index is 12.9. The van der Waals surface area contributed by atoms with Crippen molar-refractivity contribution in [3.63, 3.8) is 0 Å². The molecule has 2 aromatic heterocycles. The van der Waals surface area contributed by atoms with Crippen LogP contribution in [-0.2, 0) is 0 Å². The number of carbonyl (C=O) groups is 1. The highest BCUT2D eigenvalue weighted by atomic mass is 32.1. The second-order valence-corrected chi connectivity index (χ2v) is 6.32. The summed E-state index contributed by atoms with van der Waals surface area (Å²) in [6, 6.07) is 7.35. The molecule has 0 saturated heterocycles. The first kappa shape index (κ1) is 17.6. The first-order valence-electron chi connectivity index (χ1n) is 7.84. The predicted octanol–water partition coefficient (Wildman–Crippen LogP) is 4.21. The molecule has 2 heterocycles. The van der Waals surface area contributed by atoms with Crippen molar-refractivity contribution in [2.24, 2.45) is 10.7 Å². The lowest BCUT2D eigenvalue weighted by Gasteiger charge is -2.10. The summed E-state index contributed by atoms with van der Waals surface area (Å²) in [7, 11) is 1.58. The normalized spacial score (nSPS) is 11.0. The van der Waals surface area contributed by atoms with Crippen LogP contribution >= 0.6 is 11.3 Å². The average molecular weight is 366 g/mol. The second kappa shape index (κ2) is 7.37. The number of hydrogen-bond acceptors (Lipinski definition) is 6. The molecule has 0 spiro atoms. The molecule has 0 aliphatic carbocycles. The molecule has 1 amide bonds. The lowest BCUT2D eigenvalue weighted by Crippen LogP contribution is -2.12. The third kappa shape index (κ3) is 3.29. The molecule has 26 heavy (non-hydrogen) atoms. The number of anilines is 1. The van der Waals surface area contributed by atoms with Crippen molar-refractivity contribution >= 4 is 51.4 Å². The number of fused-ring (bicyclic) bond motifs is 1. The van der Waals surface area contributed by atoms with Gasteiger partial charge in [0.1, 0.15) is 5.75 Å². The number of pyridine rings is 1. The van der Waals surface area contributed by atoms with E-state index in [-0.39, 0.29) is 5.91 Å². The van der Waals surface area contributed by atoms with Crippen LogP contribution in [0.5, 0.6) is 5.75 Å². The molecule has 3 N–H and O–H groups in total. The van der Waals surface area contributed by atoms with E-state index in [0.29, 0.717) is 38.8 Å². The number of aliphatic imine (C=N–C) groups is 1. The van der Waals surface area contributed by atoms with Crippen molar-refractivity contribution in [3.8, 4) is 5.75 Å². The highest BCUT2D eigenvalue weighted by molar-refractivity contribution is 7.12. The van der Waals surface area contributed by atoms with Gasteiger partial charge in [-0.2, -0.15) is 0 Å². The minimum atomic E-state index is -0.297. The molecular formula is C19H18N4O2S. The van der Waals surface area contributed by atoms with Crippen molar-refractivity contribution in [2.45, 2.75) is 6.92 Å². The largest absolute Gasteiger partial charge is 0.497 e. The molecule has 0 bridgehead atoms. The number of ether oxygens (including phenoxy) is 1. The first-order valence-corrected chi connectivity index (χ1v) is 8.72. The Balaban J connectivity index is 2.04.